The largest absolute Gasteiger partial charge is 0.461 e. The summed E-state index contributed by atoms with van der Waals surface area (Å²) in [5.41, 5.74) is 7.11. The lowest BCUT2D eigenvalue weighted by atomic mass is 9.90. The summed E-state index contributed by atoms with van der Waals surface area (Å²) in [4.78, 5) is 2.26. The van der Waals surface area contributed by atoms with Gasteiger partial charge < -0.3 is 15.1 Å². The first-order valence-corrected chi connectivity index (χ1v) is 6.64. The number of nitrogens with zero attached hydrogens (tertiary/aromatic N) is 1. The molecule has 96 valence electrons. The summed E-state index contributed by atoms with van der Waals surface area (Å²) in [6.07, 6.45) is 1.05. The SMILES string of the molecule is CN1CCC(c2cc3cc(Cl)ccc3o2)C(N)C1. The van der Waals surface area contributed by atoms with Gasteiger partial charge >= 0.3 is 0 Å². The Morgan fingerprint density at radius 3 is 3.00 bits per heavy atom. The van der Waals surface area contributed by atoms with E-state index in [1.807, 2.05) is 18.2 Å². The Balaban J connectivity index is 1.94. The Hall–Kier alpha value is -1.03. The van der Waals surface area contributed by atoms with Crippen molar-refractivity contribution in [2.75, 3.05) is 20.1 Å². The number of hydrogen-bond acceptors (Lipinski definition) is 3. The van der Waals surface area contributed by atoms with Gasteiger partial charge in [-0.05, 0) is 44.3 Å². The average Bonchev–Trinajstić information content (AvgIpc) is 2.71. The highest BCUT2D eigenvalue weighted by Crippen LogP contribution is 2.32. The number of likely N-dealkylation sites (tertiary alicyclic amines) is 1. The molecule has 1 fully saturated rings. The van der Waals surface area contributed by atoms with E-state index in [1.165, 1.54) is 0 Å². The van der Waals surface area contributed by atoms with Crippen LogP contribution in [0.3, 0.4) is 0 Å². The van der Waals surface area contributed by atoms with Gasteiger partial charge in [0.15, 0.2) is 0 Å². The third-order valence-electron chi connectivity index (χ3n) is 3.72. The maximum Gasteiger partial charge on any atom is 0.134 e. The fourth-order valence-corrected chi connectivity index (χ4v) is 2.90. The number of likely N-dealkylation sites (N-methyl/N-ethyl adjacent to an activating group) is 1. The van der Waals surface area contributed by atoms with Crippen molar-refractivity contribution in [2.45, 2.75) is 18.4 Å². The molecule has 2 aromatic rings. The molecule has 1 saturated heterocycles. The van der Waals surface area contributed by atoms with Crippen LogP contribution < -0.4 is 5.73 Å². The lowest BCUT2D eigenvalue weighted by Gasteiger charge is -2.33. The lowest BCUT2D eigenvalue weighted by Crippen LogP contribution is -2.45. The van der Waals surface area contributed by atoms with Crippen molar-refractivity contribution in [1.29, 1.82) is 0 Å². The molecule has 1 aromatic heterocycles. The zero-order chi connectivity index (χ0) is 12.7. The molecule has 0 radical (unpaired) electrons. The van der Waals surface area contributed by atoms with Crippen molar-refractivity contribution in [3.05, 3.63) is 35.0 Å². The molecule has 0 saturated carbocycles. The predicted molar refractivity (Wildman–Crippen MR) is 74.1 cm³/mol. The molecule has 1 aliphatic heterocycles. The minimum atomic E-state index is 0.139. The van der Waals surface area contributed by atoms with Gasteiger partial charge in [-0.25, -0.2) is 0 Å². The van der Waals surface area contributed by atoms with Crippen LogP contribution in [0.1, 0.15) is 18.1 Å². The summed E-state index contributed by atoms with van der Waals surface area (Å²) in [6, 6.07) is 7.93. The van der Waals surface area contributed by atoms with Gasteiger partial charge in [0.1, 0.15) is 11.3 Å². The van der Waals surface area contributed by atoms with Gasteiger partial charge in [0.2, 0.25) is 0 Å². The number of piperidine rings is 1. The monoisotopic (exact) mass is 264 g/mol. The molecule has 1 aliphatic rings. The fraction of sp³-hybridized carbons (Fsp3) is 0.429. The third kappa shape index (κ3) is 2.14. The molecule has 1 aromatic carbocycles. The van der Waals surface area contributed by atoms with E-state index in [4.69, 9.17) is 21.8 Å². The molecule has 0 amide bonds. The molecule has 0 spiro atoms. The van der Waals surface area contributed by atoms with Crippen LogP contribution in [0.25, 0.3) is 11.0 Å². The van der Waals surface area contributed by atoms with E-state index >= 15 is 0 Å². The molecule has 2 heterocycles. The molecule has 2 N–H and O–H groups in total. The summed E-state index contributed by atoms with van der Waals surface area (Å²) < 4.78 is 5.91. The zero-order valence-electron chi connectivity index (χ0n) is 10.4. The van der Waals surface area contributed by atoms with E-state index in [2.05, 4.69) is 18.0 Å². The molecule has 0 bridgehead atoms. The van der Waals surface area contributed by atoms with Crippen molar-refractivity contribution in [1.82, 2.24) is 4.90 Å². The molecule has 3 rings (SSSR count). The fourth-order valence-electron chi connectivity index (χ4n) is 2.72. The minimum Gasteiger partial charge on any atom is -0.461 e. The highest BCUT2D eigenvalue weighted by molar-refractivity contribution is 6.31. The number of fused-ring (bicyclic) bond motifs is 1. The number of halogens is 1. The van der Waals surface area contributed by atoms with Crippen molar-refractivity contribution >= 4 is 22.6 Å². The van der Waals surface area contributed by atoms with Gasteiger partial charge in [-0.2, -0.15) is 0 Å². The smallest absolute Gasteiger partial charge is 0.134 e. The minimum absolute atomic E-state index is 0.139. The second-order valence-electron chi connectivity index (χ2n) is 5.15. The summed E-state index contributed by atoms with van der Waals surface area (Å²) >= 11 is 5.99. The first kappa shape index (κ1) is 12.0. The lowest BCUT2D eigenvalue weighted by molar-refractivity contribution is 0.216. The van der Waals surface area contributed by atoms with Gasteiger partial charge in [-0.1, -0.05) is 11.6 Å². The van der Waals surface area contributed by atoms with E-state index in [9.17, 15) is 0 Å². The van der Waals surface area contributed by atoms with Crippen molar-refractivity contribution in [3.63, 3.8) is 0 Å². The van der Waals surface area contributed by atoms with Crippen molar-refractivity contribution in [3.8, 4) is 0 Å². The third-order valence-corrected chi connectivity index (χ3v) is 3.96. The Morgan fingerprint density at radius 1 is 1.39 bits per heavy atom. The standard InChI is InChI=1S/C14H17ClN2O/c1-17-5-4-11(12(16)8-17)14-7-9-6-10(15)2-3-13(9)18-14/h2-3,6-7,11-12H,4-5,8,16H2,1H3. The molecule has 0 aliphatic carbocycles. The Labute approximate surface area is 111 Å². The first-order valence-electron chi connectivity index (χ1n) is 6.26. The molecule has 3 nitrogen and oxygen atoms in total. The van der Waals surface area contributed by atoms with Gasteiger partial charge in [0.05, 0.1) is 0 Å². The van der Waals surface area contributed by atoms with Crippen LogP contribution in [0.2, 0.25) is 5.02 Å². The van der Waals surface area contributed by atoms with Crippen LogP contribution in [0, 0.1) is 0 Å². The summed E-state index contributed by atoms with van der Waals surface area (Å²) in [5, 5.41) is 1.80. The van der Waals surface area contributed by atoms with Crippen LogP contribution in [-0.4, -0.2) is 31.1 Å². The molecular formula is C14H17ClN2O. The first-order chi connectivity index (χ1) is 8.63. The quantitative estimate of drug-likeness (QED) is 0.861. The second kappa shape index (κ2) is 4.57. The maximum atomic E-state index is 6.23. The number of nitrogens with two attached hydrogens (primary N) is 1. The highest BCUT2D eigenvalue weighted by Gasteiger charge is 2.28. The number of hydrogen-bond donors (Lipinski definition) is 1. The van der Waals surface area contributed by atoms with E-state index in [-0.39, 0.29) is 6.04 Å². The second-order valence-corrected chi connectivity index (χ2v) is 5.59. The summed E-state index contributed by atoms with van der Waals surface area (Å²) in [5.74, 6) is 1.31. The van der Waals surface area contributed by atoms with E-state index in [1.54, 1.807) is 0 Å². The van der Waals surface area contributed by atoms with Crippen LogP contribution in [0.15, 0.2) is 28.7 Å². The summed E-state index contributed by atoms with van der Waals surface area (Å²) in [6.45, 7) is 1.98. The molecule has 18 heavy (non-hydrogen) atoms. The van der Waals surface area contributed by atoms with Gasteiger partial charge in [0.25, 0.3) is 0 Å². The molecular weight excluding hydrogens is 248 g/mol. The van der Waals surface area contributed by atoms with Gasteiger partial charge in [-0.3, -0.25) is 0 Å². The zero-order valence-corrected chi connectivity index (χ0v) is 11.2. The van der Waals surface area contributed by atoms with Crippen molar-refractivity contribution < 1.29 is 4.42 Å². The Morgan fingerprint density at radius 2 is 2.22 bits per heavy atom. The number of furan rings is 1. The van der Waals surface area contributed by atoms with Crippen LogP contribution in [-0.2, 0) is 0 Å². The van der Waals surface area contributed by atoms with Gasteiger partial charge in [-0.15, -0.1) is 0 Å². The topological polar surface area (TPSA) is 42.4 Å². The predicted octanol–water partition coefficient (Wildman–Crippen LogP) is 2.83. The van der Waals surface area contributed by atoms with Crippen LogP contribution >= 0.6 is 11.6 Å². The van der Waals surface area contributed by atoms with Crippen LogP contribution in [0.5, 0.6) is 0 Å². The maximum absolute atomic E-state index is 6.23. The van der Waals surface area contributed by atoms with E-state index in [0.29, 0.717) is 5.92 Å². The normalized spacial score (nSPS) is 25.7. The van der Waals surface area contributed by atoms with E-state index < -0.39 is 0 Å². The van der Waals surface area contributed by atoms with Crippen molar-refractivity contribution in [2.24, 2.45) is 5.73 Å². The highest BCUT2D eigenvalue weighted by atomic mass is 35.5. The Bertz CT molecular complexity index is 566. The average molecular weight is 265 g/mol. The Kier molecular flexibility index (Phi) is 3.06. The number of benzene rings is 1. The summed E-state index contributed by atoms with van der Waals surface area (Å²) in [7, 11) is 2.11. The molecule has 2 unspecified atom stereocenters. The molecule has 4 heteroatoms. The van der Waals surface area contributed by atoms with Crippen LogP contribution in [0.4, 0.5) is 0 Å². The van der Waals surface area contributed by atoms with E-state index in [0.717, 1.165) is 41.3 Å². The molecule has 2 atom stereocenters. The number of rotatable bonds is 1. The van der Waals surface area contributed by atoms with Gasteiger partial charge in [0, 0.05) is 28.9 Å².